The number of nitroso groups, excluding NO2 is 2. The molecule has 0 fully saturated rings. The second kappa shape index (κ2) is 9.75. The lowest BCUT2D eigenvalue weighted by molar-refractivity contribution is -0.397. The molecule has 1 aromatic heterocycles. The van der Waals surface area contributed by atoms with Gasteiger partial charge in [0.25, 0.3) is 0 Å². The highest BCUT2D eigenvalue weighted by atomic mass is 16.7. The summed E-state index contributed by atoms with van der Waals surface area (Å²) in [6, 6.07) is -1.07. The lowest BCUT2D eigenvalue weighted by Gasteiger charge is -2.33. The van der Waals surface area contributed by atoms with Crippen LogP contribution in [0, 0.1) is 19.9 Å². The van der Waals surface area contributed by atoms with Gasteiger partial charge in [-0.3, -0.25) is 4.84 Å². The number of hydrogen-bond donors (Lipinski definition) is 2. The van der Waals surface area contributed by atoms with Crippen molar-refractivity contribution in [3.8, 4) is 0 Å². The van der Waals surface area contributed by atoms with Crippen molar-refractivity contribution in [3.05, 3.63) is 32.3 Å². The fourth-order valence-corrected chi connectivity index (χ4v) is 2.09. The van der Waals surface area contributed by atoms with Crippen LogP contribution in [-0.2, 0) is 11.4 Å². The highest BCUT2D eigenvalue weighted by molar-refractivity contribution is 5.06. The lowest BCUT2D eigenvalue weighted by atomic mass is 9.96. The molecule has 3 atom stereocenters. The average molecular weight is 399 g/mol. The van der Waals surface area contributed by atoms with Crippen LogP contribution in [0.5, 0.6) is 0 Å². The molecule has 28 heavy (non-hydrogen) atoms. The van der Waals surface area contributed by atoms with Gasteiger partial charge in [0.15, 0.2) is 0 Å². The summed E-state index contributed by atoms with van der Waals surface area (Å²) in [4.78, 5) is 41.7. The highest BCUT2D eigenvalue weighted by Crippen LogP contribution is 2.16. The van der Waals surface area contributed by atoms with Crippen molar-refractivity contribution >= 4 is 5.95 Å². The first-order chi connectivity index (χ1) is 12.9. The zero-order chi connectivity index (χ0) is 21.5. The predicted octanol–water partition coefficient (Wildman–Crippen LogP) is 2.14. The molecule has 0 aromatic carbocycles. The van der Waals surface area contributed by atoms with Gasteiger partial charge in [-0.1, -0.05) is 15.3 Å². The number of aromatic nitrogens is 2. The second-order valence-corrected chi connectivity index (χ2v) is 7.87. The van der Waals surface area contributed by atoms with Crippen LogP contribution in [0.1, 0.15) is 41.5 Å². The Morgan fingerprint density at radius 2 is 1.79 bits per heavy atom. The van der Waals surface area contributed by atoms with Crippen molar-refractivity contribution in [2.45, 2.75) is 77.4 Å². The molecule has 0 saturated carbocycles. The van der Waals surface area contributed by atoms with E-state index in [4.69, 9.17) is 4.84 Å². The third-order valence-corrected chi connectivity index (χ3v) is 4.94. The van der Waals surface area contributed by atoms with Gasteiger partial charge in [0, 0.05) is 12.1 Å². The van der Waals surface area contributed by atoms with E-state index in [1.807, 2.05) is 13.8 Å². The van der Waals surface area contributed by atoms with E-state index in [0.717, 1.165) is 0 Å². The second-order valence-electron chi connectivity index (χ2n) is 7.87. The predicted molar refractivity (Wildman–Crippen MR) is 104 cm³/mol. The summed E-state index contributed by atoms with van der Waals surface area (Å²) in [6.07, 6.45) is 2.24. The summed E-state index contributed by atoms with van der Waals surface area (Å²) in [7, 11) is 0. The van der Waals surface area contributed by atoms with Gasteiger partial charge in [0.2, 0.25) is 0 Å². The van der Waals surface area contributed by atoms with Crippen LogP contribution in [-0.4, -0.2) is 50.3 Å². The van der Waals surface area contributed by atoms with Crippen LogP contribution in [0.25, 0.3) is 0 Å². The zero-order valence-corrected chi connectivity index (χ0v) is 17.1. The van der Waals surface area contributed by atoms with E-state index in [2.05, 4.69) is 26.1 Å². The SMILES string of the molecule is CC(N=O)C(C)(C)NCC(Cn1ccnc1[N+](=O)[O-])ONC(C)(C)C(C)N=O. The highest BCUT2D eigenvalue weighted by Gasteiger charge is 2.31. The molecule has 12 nitrogen and oxygen atoms in total. The molecule has 0 aliphatic carbocycles. The van der Waals surface area contributed by atoms with Gasteiger partial charge in [-0.25, -0.2) is 4.57 Å². The number of hydrogen-bond acceptors (Lipinski definition) is 10. The summed E-state index contributed by atoms with van der Waals surface area (Å²) < 4.78 is 1.36. The van der Waals surface area contributed by atoms with Gasteiger partial charge in [-0.2, -0.15) is 15.3 Å². The van der Waals surface area contributed by atoms with Crippen LogP contribution >= 0.6 is 0 Å². The minimum absolute atomic E-state index is 0.119. The molecule has 0 radical (unpaired) electrons. The smallest absolute Gasteiger partial charge is 0.390 e. The molecule has 12 heteroatoms. The molecule has 0 saturated heterocycles. The maximum absolute atomic E-state index is 11.1. The van der Waals surface area contributed by atoms with E-state index in [1.54, 1.807) is 27.7 Å². The molecule has 1 aromatic rings. The third-order valence-electron chi connectivity index (χ3n) is 4.94. The summed E-state index contributed by atoms with van der Waals surface area (Å²) in [5.74, 6) is -0.307. The molecule has 158 valence electrons. The lowest BCUT2D eigenvalue weighted by Crippen LogP contribution is -2.54. The van der Waals surface area contributed by atoms with Crippen LogP contribution in [0.4, 0.5) is 5.95 Å². The molecule has 1 rings (SSSR count). The number of nitro groups is 1. The third kappa shape index (κ3) is 6.39. The Morgan fingerprint density at radius 3 is 2.32 bits per heavy atom. The normalized spacial score (nSPS) is 15.6. The summed E-state index contributed by atoms with van der Waals surface area (Å²) in [6.45, 7) is 10.9. The first kappa shape index (κ1) is 23.7. The molecule has 0 aliphatic heterocycles. The maximum atomic E-state index is 11.1. The molecule has 0 aliphatic rings. The van der Waals surface area contributed by atoms with E-state index >= 15 is 0 Å². The first-order valence-corrected chi connectivity index (χ1v) is 8.93. The van der Waals surface area contributed by atoms with Gasteiger partial charge in [-0.15, -0.1) is 0 Å². The van der Waals surface area contributed by atoms with E-state index in [1.165, 1.54) is 17.0 Å². The number of imidazole rings is 1. The quantitative estimate of drug-likeness (QED) is 0.290. The molecule has 2 N–H and O–H groups in total. The van der Waals surface area contributed by atoms with Crippen molar-refractivity contribution in [2.75, 3.05) is 6.54 Å². The Kier molecular flexibility index (Phi) is 8.27. The maximum Gasteiger partial charge on any atom is 0.434 e. The Morgan fingerprint density at radius 1 is 1.21 bits per heavy atom. The molecular formula is C16H29N7O5. The van der Waals surface area contributed by atoms with Crippen LogP contribution in [0.15, 0.2) is 22.7 Å². The molecule has 0 amide bonds. The van der Waals surface area contributed by atoms with E-state index in [0.29, 0.717) is 0 Å². The minimum Gasteiger partial charge on any atom is -0.390 e. The zero-order valence-electron chi connectivity index (χ0n) is 17.1. The van der Waals surface area contributed by atoms with Gasteiger partial charge >= 0.3 is 5.95 Å². The van der Waals surface area contributed by atoms with Gasteiger partial charge < -0.3 is 15.4 Å². The molecule has 1 heterocycles. The van der Waals surface area contributed by atoms with Crippen LogP contribution in [0.2, 0.25) is 0 Å². The molecule has 0 spiro atoms. The summed E-state index contributed by atoms with van der Waals surface area (Å²) in [5.41, 5.74) is 1.46. The van der Waals surface area contributed by atoms with Crippen molar-refractivity contribution in [3.63, 3.8) is 0 Å². The summed E-state index contributed by atoms with van der Waals surface area (Å²) >= 11 is 0. The van der Waals surface area contributed by atoms with E-state index < -0.39 is 34.2 Å². The number of nitrogens with one attached hydrogen (secondary N) is 2. The molecule has 0 bridgehead atoms. The number of hydroxylamine groups is 1. The fourth-order valence-electron chi connectivity index (χ4n) is 2.09. The monoisotopic (exact) mass is 399 g/mol. The average Bonchev–Trinajstić information content (AvgIpc) is 3.10. The van der Waals surface area contributed by atoms with E-state index in [9.17, 15) is 19.9 Å². The van der Waals surface area contributed by atoms with Crippen LogP contribution in [0.3, 0.4) is 0 Å². The van der Waals surface area contributed by atoms with E-state index in [-0.39, 0.29) is 19.0 Å². The topological polar surface area (TPSA) is 153 Å². The summed E-state index contributed by atoms with van der Waals surface area (Å²) in [5, 5.41) is 20.4. The van der Waals surface area contributed by atoms with Crippen molar-refractivity contribution in [1.29, 1.82) is 0 Å². The Labute approximate surface area is 163 Å². The van der Waals surface area contributed by atoms with Gasteiger partial charge in [0.05, 0.1) is 5.54 Å². The standard InChI is InChI=1S/C16H29N7O5/c1-11(19-24)15(3,4)18-9-13(28-21-16(5,6)12(2)20-25)10-22-8-7-17-14(22)23(26)27/h7-8,11-13,18,21H,9-10H2,1-6H3. The van der Waals surface area contributed by atoms with Crippen molar-refractivity contribution in [2.24, 2.45) is 10.4 Å². The Bertz CT molecular complexity index is 646. The molecule has 3 unspecified atom stereocenters. The van der Waals surface area contributed by atoms with Gasteiger partial charge in [0.1, 0.15) is 37.1 Å². The number of rotatable bonds is 13. The largest absolute Gasteiger partial charge is 0.434 e. The fraction of sp³-hybridized carbons (Fsp3) is 0.812. The van der Waals surface area contributed by atoms with Crippen molar-refractivity contribution in [1.82, 2.24) is 20.3 Å². The number of nitrogens with zero attached hydrogens (tertiary/aromatic N) is 5. The Balaban J connectivity index is 2.93. The first-order valence-electron chi connectivity index (χ1n) is 8.93. The molecular weight excluding hydrogens is 370 g/mol. The van der Waals surface area contributed by atoms with Crippen molar-refractivity contribution < 1.29 is 9.76 Å². The Hall–Kier alpha value is -2.31. The minimum atomic E-state index is -0.756. The van der Waals surface area contributed by atoms with Crippen LogP contribution < -0.4 is 10.8 Å². The van der Waals surface area contributed by atoms with Gasteiger partial charge in [-0.05, 0) is 46.5 Å².